The van der Waals surface area contributed by atoms with Crippen molar-refractivity contribution in [1.29, 1.82) is 0 Å². The van der Waals surface area contributed by atoms with E-state index in [0.717, 1.165) is 12.8 Å². The molecule has 0 heterocycles. The molecule has 0 unspecified atom stereocenters. The van der Waals surface area contributed by atoms with E-state index in [-0.39, 0.29) is 0 Å². The highest BCUT2D eigenvalue weighted by molar-refractivity contribution is 6.73. The molecular formula is C12H26OSi. The molecule has 0 aliphatic rings. The zero-order valence-corrected chi connectivity index (χ0v) is 11.5. The van der Waals surface area contributed by atoms with Gasteiger partial charge >= 0.3 is 0 Å². The largest absolute Gasteiger partial charge is 0.549 e. The van der Waals surface area contributed by atoms with Gasteiger partial charge in [-0.25, -0.2) is 0 Å². The molecule has 0 aromatic heterocycles. The van der Waals surface area contributed by atoms with Gasteiger partial charge in [0.05, 0.1) is 6.26 Å². The fourth-order valence-electron chi connectivity index (χ4n) is 1.62. The lowest BCUT2D eigenvalue weighted by Crippen LogP contribution is -2.33. The van der Waals surface area contributed by atoms with Gasteiger partial charge in [0.15, 0.2) is 0 Å². The van der Waals surface area contributed by atoms with Crippen LogP contribution in [0.15, 0.2) is 11.8 Å². The zero-order chi connectivity index (χ0) is 11.0. The van der Waals surface area contributed by atoms with Gasteiger partial charge in [-0.2, -0.15) is 0 Å². The molecule has 0 N–H and O–H groups in total. The molecule has 0 rings (SSSR count). The maximum atomic E-state index is 6.10. The van der Waals surface area contributed by atoms with Crippen molar-refractivity contribution in [3.8, 4) is 0 Å². The minimum absolute atomic E-state index is 1.12. The molecule has 2 heteroatoms. The van der Waals surface area contributed by atoms with Crippen LogP contribution in [0.1, 0.15) is 47.5 Å². The van der Waals surface area contributed by atoms with Gasteiger partial charge in [-0.1, -0.05) is 34.6 Å². The predicted octanol–water partition coefficient (Wildman–Crippen LogP) is 4.71. The molecule has 14 heavy (non-hydrogen) atoms. The number of allylic oxidation sites excluding steroid dienone is 1. The second-order valence-electron chi connectivity index (χ2n) is 3.84. The van der Waals surface area contributed by atoms with Crippen LogP contribution in [0.3, 0.4) is 0 Å². The van der Waals surface area contributed by atoms with E-state index < -0.39 is 8.32 Å². The Labute approximate surface area is 90.7 Å². The Kier molecular flexibility index (Phi) is 6.98. The summed E-state index contributed by atoms with van der Waals surface area (Å²) in [6, 6.07) is 3.70. The Bertz CT molecular complexity index is 157. The van der Waals surface area contributed by atoms with Crippen LogP contribution in [-0.4, -0.2) is 8.32 Å². The van der Waals surface area contributed by atoms with Crippen LogP contribution in [0.25, 0.3) is 0 Å². The number of hydrogen-bond donors (Lipinski definition) is 0. The Balaban J connectivity index is 4.36. The van der Waals surface area contributed by atoms with Gasteiger partial charge in [-0.3, -0.25) is 0 Å². The van der Waals surface area contributed by atoms with E-state index in [2.05, 4.69) is 40.9 Å². The minimum Gasteiger partial charge on any atom is -0.549 e. The van der Waals surface area contributed by atoms with Crippen LogP contribution < -0.4 is 0 Å². The fourth-order valence-corrected chi connectivity index (χ4v) is 4.04. The van der Waals surface area contributed by atoms with Crippen LogP contribution in [0, 0.1) is 0 Å². The molecule has 84 valence electrons. The summed E-state index contributed by atoms with van der Waals surface area (Å²) in [5.74, 6) is 0. The van der Waals surface area contributed by atoms with Gasteiger partial charge in [-0.15, -0.1) is 0 Å². The van der Waals surface area contributed by atoms with Crippen LogP contribution in [0.5, 0.6) is 0 Å². The zero-order valence-electron chi connectivity index (χ0n) is 10.5. The average molecular weight is 214 g/mol. The molecule has 0 aliphatic heterocycles. The molecule has 0 saturated carbocycles. The Morgan fingerprint density at radius 3 is 1.64 bits per heavy atom. The Morgan fingerprint density at radius 2 is 1.36 bits per heavy atom. The maximum Gasteiger partial charge on any atom is 0.249 e. The first kappa shape index (κ1) is 13.8. The molecule has 0 aliphatic carbocycles. The second kappa shape index (κ2) is 7.10. The smallest absolute Gasteiger partial charge is 0.249 e. The van der Waals surface area contributed by atoms with Crippen molar-refractivity contribution in [3.63, 3.8) is 0 Å². The monoisotopic (exact) mass is 214 g/mol. The van der Waals surface area contributed by atoms with E-state index in [9.17, 15) is 0 Å². The normalized spacial score (nSPS) is 11.2. The van der Waals surface area contributed by atoms with Crippen LogP contribution in [0.4, 0.5) is 0 Å². The number of hydrogen-bond acceptors (Lipinski definition) is 1. The van der Waals surface area contributed by atoms with Gasteiger partial charge < -0.3 is 4.43 Å². The lowest BCUT2D eigenvalue weighted by molar-refractivity contribution is 0.449. The molecule has 0 radical (unpaired) electrons. The molecule has 0 aromatic carbocycles. The number of rotatable bonds is 7. The second-order valence-corrected chi connectivity index (χ2v) is 8.57. The molecule has 0 fully saturated rings. The summed E-state index contributed by atoms with van der Waals surface area (Å²) in [4.78, 5) is 0. The molecule has 0 bridgehead atoms. The predicted molar refractivity (Wildman–Crippen MR) is 66.9 cm³/mol. The minimum atomic E-state index is -1.39. The van der Waals surface area contributed by atoms with Gasteiger partial charge in [0.1, 0.15) is 0 Å². The van der Waals surface area contributed by atoms with Gasteiger partial charge in [-0.05, 0) is 36.5 Å². The average Bonchev–Trinajstić information content (AvgIpc) is 2.26. The Hall–Kier alpha value is -0.243. The van der Waals surface area contributed by atoms with Crippen molar-refractivity contribution >= 4 is 8.32 Å². The van der Waals surface area contributed by atoms with Crippen molar-refractivity contribution in [1.82, 2.24) is 0 Å². The summed E-state index contributed by atoms with van der Waals surface area (Å²) < 4.78 is 6.10. The van der Waals surface area contributed by atoms with E-state index in [1.165, 1.54) is 23.7 Å². The summed E-state index contributed by atoms with van der Waals surface area (Å²) in [6.07, 6.45) is 4.30. The molecule has 1 nitrogen and oxygen atoms in total. The topological polar surface area (TPSA) is 9.23 Å². The highest BCUT2D eigenvalue weighted by Crippen LogP contribution is 2.23. The molecular weight excluding hydrogens is 188 g/mol. The SMILES string of the molecule is CCC(=CO[Si](CC)(CC)CC)CC. The van der Waals surface area contributed by atoms with Gasteiger partial charge in [0, 0.05) is 0 Å². The van der Waals surface area contributed by atoms with E-state index in [0.29, 0.717) is 0 Å². The fraction of sp³-hybridized carbons (Fsp3) is 0.833. The molecule has 0 amide bonds. The Morgan fingerprint density at radius 1 is 0.929 bits per heavy atom. The standard InChI is InChI=1S/C12H26OSi/c1-6-12(7-2)11-13-14(8-3,9-4)10-5/h11H,6-10H2,1-5H3. The van der Waals surface area contributed by atoms with Crippen molar-refractivity contribution in [2.75, 3.05) is 0 Å². The van der Waals surface area contributed by atoms with Crippen molar-refractivity contribution in [3.05, 3.63) is 11.8 Å². The molecule has 0 atom stereocenters. The van der Waals surface area contributed by atoms with E-state index in [1.54, 1.807) is 0 Å². The summed E-state index contributed by atoms with van der Waals surface area (Å²) >= 11 is 0. The van der Waals surface area contributed by atoms with Crippen molar-refractivity contribution in [2.45, 2.75) is 65.6 Å². The van der Waals surface area contributed by atoms with Crippen molar-refractivity contribution < 1.29 is 4.43 Å². The summed E-state index contributed by atoms with van der Waals surface area (Å²) in [7, 11) is -1.39. The summed E-state index contributed by atoms with van der Waals surface area (Å²) in [6.45, 7) is 11.2. The first-order valence-electron chi connectivity index (χ1n) is 6.03. The summed E-state index contributed by atoms with van der Waals surface area (Å²) in [5, 5.41) is 0. The molecule has 0 aromatic rings. The first-order chi connectivity index (χ1) is 6.67. The first-order valence-corrected chi connectivity index (χ1v) is 8.56. The molecule has 0 spiro atoms. The van der Waals surface area contributed by atoms with Gasteiger partial charge in [0.25, 0.3) is 0 Å². The quantitative estimate of drug-likeness (QED) is 0.440. The lowest BCUT2D eigenvalue weighted by atomic mass is 10.2. The third-order valence-electron chi connectivity index (χ3n) is 3.32. The third kappa shape index (κ3) is 3.87. The van der Waals surface area contributed by atoms with Crippen LogP contribution >= 0.6 is 0 Å². The summed E-state index contributed by atoms with van der Waals surface area (Å²) in [5.41, 5.74) is 1.44. The van der Waals surface area contributed by atoms with Crippen molar-refractivity contribution in [2.24, 2.45) is 0 Å². The van der Waals surface area contributed by atoms with E-state index in [1.807, 2.05) is 0 Å². The highest BCUT2D eigenvalue weighted by atomic mass is 28.4. The highest BCUT2D eigenvalue weighted by Gasteiger charge is 2.29. The van der Waals surface area contributed by atoms with E-state index in [4.69, 9.17) is 4.43 Å². The van der Waals surface area contributed by atoms with E-state index >= 15 is 0 Å². The third-order valence-corrected chi connectivity index (χ3v) is 7.80. The maximum absolute atomic E-state index is 6.10. The molecule has 0 saturated heterocycles. The van der Waals surface area contributed by atoms with Gasteiger partial charge in [0.2, 0.25) is 8.32 Å². The lowest BCUT2D eigenvalue weighted by Gasteiger charge is -2.27. The van der Waals surface area contributed by atoms with Crippen LogP contribution in [-0.2, 0) is 4.43 Å². The van der Waals surface area contributed by atoms with Crippen LogP contribution in [0.2, 0.25) is 18.1 Å².